The van der Waals surface area contributed by atoms with E-state index in [0.29, 0.717) is 51.6 Å². The van der Waals surface area contributed by atoms with Gasteiger partial charge in [-0.15, -0.1) is 0 Å². The summed E-state index contributed by atoms with van der Waals surface area (Å²) in [5, 5.41) is 12.1. The highest BCUT2D eigenvalue weighted by atomic mass is 32.2. The number of amides is 2. The van der Waals surface area contributed by atoms with Gasteiger partial charge in [-0.2, -0.15) is 11.8 Å². The van der Waals surface area contributed by atoms with Gasteiger partial charge in [0.15, 0.2) is 6.10 Å². The lowest BCUT2D eigenvalue weighted by molar-refractivity contribution is -0.149. The van der Waals surface area contributed by atoms with Gasteiger partial charge in [0, 0.05) is 33.2 Å². The largest absolute Gasteiger partial charge is 0.492 e. The molecule has 0 fully saturated rings. The van der Waals surface area contributed by atoms with E-state index in [0.717, 1.165) is 29.9 Å². The highest BCUT2D eigenvalue weighted by Gasteiger charge is 2.18. The number of rotatable bonds is 18. The third-order valence-corrected chi connectivity index (χ3v) is 5.83. The molecule has 1 aromatic rings. The van der Waals surface area contributed by atoms with E-state index < -0.39 is 12.1 Å². The lowest BCUT2D eigenvalue weighted by Gasteiger charge is -2.23. The third-order valence-electron chi connectivity index (χ3n) is 4.55. The molecule has 0 spiro atoms. The average molecular weight is 471 g/mol. The molecule has 0 aliphatic carbocycles. The van der Waals surface area contributed by atoms with Gasteiger partial charge in [0.05, 0.1) is 13.2 Å². The second-order valence-corrected chi connectivity index (χ2v) is 8.38. The van der Waals surface area contributed by atoms with Crippen LogP contribution in [0.5, 0.6) is 5.75 Å². The number of benzene rings is 1. The molecular formula is C23H38N2O6S. The average Bonchev–Trinajstić information content (AvgIpc) is 2.78. The maximum absolute atomic E-state index is 12.5. The van der Waals surface area contributed by atoms with E-state index in [1.165, 1.54) is 0 Å². The predicted molar refractivity (Wildman–Crippen MR) is 128 cm³/mol. The van der Waals surface area contributed by atoms with E-state index in [-0.39, 0.29) is 6.03 Å². The topological polar surface area (TPSA) is 97.3 Å². The fourth-order valence-electron chi connectivity index (χ4n) is 2.92. The first-order chi connectivity index (χ1) is 15.5. The van der Waals surface area contributed by atoms with Crippen LogP contribution in [0.4, 0.5) is 4.79 Å². The maximum Gasteiger partial charge on any atom is 0.333 e. The maximum atomic E-state index is 12.5. The Morgan fingerprint density at radius 2 is 1.88 bits per heavy atom. The molecule has 1 aromatic carbocycles. The Morgan fingerprint density at radius 3 is 2.50 bits per heavy atom. The number of nitrogens with one attached hydrogen (secondary N) is 1. The molecule has 0 saturated heterocycles. The predicted octanol–water partition coefficient (Wildman–Crippen LogP) is 3.29. The van der Waals surface area contributed by atoms with Crippen LogP contribution in [0, 0.1) is 0 Å². The van der Waals surface area contributed by atoms with Crippen LogP contribution in [-0.4, -0.2) is 86.2 Å². The lowest BCUT2D eigenvalue weighted by Crippen LogP contribution is -2.43. The fourth-order valence-corrected chi connectivity index (χ4v) is 3.74. The zero-order valence-corrected chi connectivity index (χ0v) is 20.3. The molecule has 0 aliphatic heterocycles. The van der Waals surface area contributed by atoms with E-state index in [1.54, 1.807) is 18.9 Å². The highest BCUT2D eigenvalue weighted by Crippen LogP contribution is 2.15. The van der Waals surface area contributed by atoms with Gasteiger partial charge < -0.3 is 29.5 Å². The number of carbonyl (C=O) groups excluding carboxylic acids is 1. The number of hydrogen-bond donors (Lipinski definition) is 2. The molecule has 2 N–H and O–H groups in total. The summed E-state index contributed by atoms with van der Waals surface area (Å²) in [4.78, 5) is 25.5. The van der Waals surface area contributed by atoms with Gasteiger partial charge in [-0.3, -0.25) is 0 Å². The molecule has 0 aromatic heterocycles. The smallest absolute Gasteiger partial charge is 0.333 e. The van der Waals surface area contributed by atoms with Crippen molar-refractivity contribution >= 4 is 23.8 Å². The van der Waals surface area contributed by atoms with Crippen LogP contribution in [0.1, 0.15) is 32.3 Å². The normalized spacial score (nSPS) is 11.7. The second-order valence-electron chi connectivity index (χ2n) is 7.16. The number of ether oxygens (including phenoxy) is 3. The van der Waals surface area contributed by atoms with Crippen molar-refractivity contribution in [1.82, 2.24) is 10.2 Å². The summed E-state index contributed by atoms with van der Waals surface area (Å²) < 4.78 is 16.1. The summed E-state index contributed by atoms with van der Waals surface area (Å²) in [6, 6.07) is 7.18. The zero-order chi connectivity index (χ0) is 23.6. The number of carboxylic acids is 1. The molecule has 1 atom stereocenters. The van der Waals surface area contributed by atoms with E-state index in [9.17, 15) is 14.7 Å². The van der Waals surface area contributed by atoms with Crippen LogP contribution in [0.15, 0.2) is 24.3 Å². The molecule has 0 saturated carbocycles. The first-order valence-corrected chi connectivity index (χ1v) is 12.3. The molecule has 0 heterocycles. The SMILES string of the molecule is CCCSCCCN(CCOc1ccc(CC(OCC)C(=O)O)cc1)C(=O)NCCOC. The number of thioether (sulfide) groups is 1. The number of carbonyl (C=O) groups is 2. The Labute approximate surface area is 196 Å². The van der Waals surface area contributed by atoms with E-state index in [1.807, 2.05) is 36.0 Å². The Morgan fingerprint density at radius 1 is 1.12 bits per heavy atom. The number of urea groups is 1. The van der Waals surface area contributed by atoms with Crippen molar-refractivity contribution < 1.29 is 28.9 Å². The fraction of sp³-hybridized carbons (Fsp3) is 0.652. The quantitative estimate of drug-likeness (QED) is 0.318. The van der Waals surface area contributed by atoms with E-state index >= 15 is 0 Å². The van der Waals surface area contributed by atoms with Crippen molar-refractivity contribution in [2.45, 2.75) is 39.2 Å². The summed E-state index contributed by atoms with van der Waals surface area (Å²) in [6.45, 7) is 6.75. The number of methoxy groups -OCH3 is 1. The first kappa shape index (κ1) is 28.1. The van der Waals surface area contributed by atoms with Crippen LogP contribution in [0.3, 0.4) is 0 Å². The van der Waals surface area contributed by atoms with Crippen LogP contribution < -0.4 is 10.1 Å². The van der Waals surface area contributed by atoms with Crippen molar-refractivity contribution in [3.05, 3.63) is 29.8 Å². The molecule has 1 rings (SSSR count). The Balaban J connectivity index is 2.52. The van der Waals surface area contributed by atoms with Crippen molar-refractivity contribution in [2.75, 3.05) is 58.1 Å². The van der Waals surface area contributed by atoms with Crippen LogP contribution >= 0.6 is 11.8 Å². The number of hydrogen-bond acceptors (Lipinski definition) is 6. The number of carboxylic acid groups (broad SMARTS) is 1. The second kappa shape index (κ2) is 17.6. The molecule has 0 bridgehead atoms. The molecule has 1 unspecified atom stereocenters. The van der Waals surface area contributed by atoms with Crippen molar-refractivity contribution in [1.29, 1.82) is 0 Å². The van der Waals surface area contributed by atoms with Crippen LogP contribution in [0.25, 0.3) is 0 Å². The van der Waals surface area contributed by atoms with Gasteiger partial charge in [0.25, 0.3) is 0 Å². The van der Waals surface area contributed by atoms with E-state index in [2.05, 4.69) is 12.2 Å². The van der Waals surface area contributed by atoms with Gasteiger partial charge in [-0.05, 0) is 49.0 Å². The van der Waals surface area contributed by atoms with Gasteiger partial charge in [0.1, 0.15) is 12.4 Å². The molecule has 0 aliphatic rings. The Hall–Kier alpha value is -1.97. The van der Waals surface area contributed by atoms with Gasteiger partial charge in [0.2, 0.25) is 0 Å². The third kappa shape index (κ3) is 12.2. The van der Waals surface area contributed by atoms with Crippen LogP contribution in [0.2, 0.25) is 0 Å². The minimum atomic E-state index is -0.968. The molecule has 182 valence electrons. The first-order valence-electron chi connectivity index (χ1n) is 11.2. The zero-order valence-electron chi connectivity index (χ0n) is 19.5. The van der Waals surface area contributed by atoms with Crippen molar-refractivity contribution in [3.63, 3.8) is 0 Å². The standard InChI is InChI=1S/C23H38N2O6S/c1-4-16-32-17-6-12-25(23(28)24-11-14-29-3)13-15-31-20-9-7-19(8-10-20)18-21(22(26)27)30-5-2/h7-10,21H,4-6,11-18H2,1-3H3,(H,24,28)(H,26,27). The van der Waals surface area contributed by atoms with Gasteiger partial charge in [-0.1, -0.05) is 19.1 Å². The molecule has 9 heteroatoms. The molecule has 32 heavy (non-hydrogen) atoms. The Kier molecular flexibility index (Phi) is 15.4. The van der Waals surface area contributed by atoms with Crippen LogP contribution in [-0.2, 0) is 20.7 Å². The summed E-state index contributed by atoms with van der Waals surface area (Å²) in [5.74, 6) is 1.87. The summed E-state index contributed by atoms with van der Waals surface area (Å²) in [6.07, 6.45) is 1.53. The van der Waals surface area contributed by atoms with Crippen molar-refractivity contribution in [3.8, 4) is 5.75 Å². The van der Waals surface area contributed by atoms with Gasteiger partial charge >= 0.3 is 12.0 Å². The monoisotopic (exact) mass is 470 g/mol. The lowest BCUT2D eigenvalue weighted by atomic mass is 10.1. The van der Waals surface area contributed by atoms with E-state index in [4.69, 9.17) is 14.2 Å². The minimum absolute atomic E-state index is 0.114. The van der Waals surface area contributed by atoms with Crippen molar-refractivity contribution in [2.24, 2.45) is 0 Å². The summed E-state index contributed by atoms with van der Waals surface area (Å²) >= 11 is 1.90. The Bertz CT molecular complexity index is 644. The summed E-state index contributed by atoms with van der Waals surface area (Å²) in [5.41, 5.74) is 0.863. The van der Waals surface area contributed by atoms with Gasteiger partial charge in [-0.25, -0.2) is 9.59 Å². The molecule has 2 amide bonds. The summed E-state index contributed by atoms with van der Waals surface area (Å²) in [7, 11) is 1.60. The minimum Gasteiger partial charge on any atom is -0.492 e. The molecule has 0 radical (unpaired) electrons. The number of nitrogens with zero attached hydrogens (tertiary/aromatic N) is 1. The molecule has 8 nitrogen and oxygen atoms in total. The number of aliphatic carboxylic acids is 1. The molecular weight excluding hydrogens is 432 g/mol. The highest BCUT2D eigenvalue weighted by molar-refractivity contribution is 7.99.